The molecule has 0 aliphatic carbocycles. The van der Waals surface area contributed by atoms with E-state index in [9.17, 15) is 16.8 Å². The zero-order valence-electron chi connectivity index (χ0n) is 12.5. The van der Waals surface area contributed by atoms with Crippen LogP contribution in [0.2, 0.25) is 10.0 Å². The molecule has 0 aromatic heterocycles. The van der Waals surface area contributed by atoms with Gasteiger partial charge in [0.1, 0.15) is 0 Å². The molecule has 1 aliphatic rings. The quantitative estimate of drug-likeness (QED) is 0.704. The lowest BCUT2D eigenvalue weighted by Gasteiger charge is -2.24. The van der Waals surface area contributed by atoms with Gasteiger partial charge in [-0.15, -0.1) is 0 Å². The van der Waals surface area contributed by atoms with Crippen molar-refractivity contribution in [2.45, 2.75) is 23.8 Å². The van der Waals surface area contributed by atoms with Crippen molar-refractivity contribution in [2.75, 3.05) is 24.6 Å². The zero-order valence-corrected chi connectivity index (χ0v) is 15.6. The molecule has 0 saturated carbocycles. The maximum atomic E-state index is 12.1. The van der Waals surface area contributed by atoms with Crippen molar-refractivity contribution in [3.63, 3.8) is 0 Å². The van der Waals surface area contributed by atoms with Gasteiger partial charge in [0, 0.05) is 18.6 Å². The van der Waals surface area contributed by atoms with Crippen molar-refractivity contribution in [2.24, 2.45) is 0 Å². The summed E-state index contributed by atoms with van der Waals surface area (Å²) < 4.78 is 49.7. The molecule has 1 saturated heterocycles. The predicted octanol–water partition coefficient (Wildman–Crippen LogP) is 1.44. The minimum Gasteiger partial charge on any atom is -0.309 e. The third kappa shape index (κ3) is 5.04. The summed E-state index contributed by atoms with van der Waals surface area (Å²) in [6, 6.07) is 4.07. The normalized spacial score (nSPS) is 24.0. The Morgan fingerprint density at radius 1 is 1.22 bits per heavy atom. The summed E-state index contributed by atoms with van der Waals surface area (Å²) in [6.07, 6.45) is 0.523. The molecule has 1 fully saturated rings. The van der Waals surface area contributed by atoms with Gasteiger partial charge in [-0.05, 0) is 31.5 Å². The number of rotatable bonds is 6. The summed E-state index contributed by atoms with van der Waals surface area (Å²) in [5.74, 6) is 0.227. The molecule has 10 heteroatoms. The Balaban J connectivity index is 1.89. The van der Waals surface area contributed by atoms with Crippen LogP contribution in [0, 0.1) is 0 Å². The van der Waals surface area contributed by atoms with E-state index in [0.29, 0.717) is 13.0 Å². The van der Waals surface area contributed by atoms with Crippen LogP contribution in [0.4, 0.5) is 0 Å². The Morgan fingerprint density at radius 3 is 2.48 bits per heavy atom. The van der Waals surface area contributed by atoms with Crippen molar-refractivity contribution >= 4 is 43.1 Å². The van der Waals surface area contributed by atoms with Crippen molar-refractivity contribution in [3.05, 3.63) is 28.2 Å². The summed E-state index contributed by atoms with van der Waals surface area (Å²) >= 11 is 11.6. The Bertz CT molecular complexity index is 796. The highest BCUT2D eigenvalue weighted by atomic mass is 35.5. The molecule has 2 N–H and O–H groups in total. The number of sulfonamides is 1. The molecule has 0 unspecified atom stereocenters. The fourth-order valence-corrected chi connectivity index (χ4v) is 5.97. The van der Waals surface area contributed by atoms with E-state index in [4.69, 9.17) is 23.2 Å². The summed E-state index contributed by atoms with van der Waals surface area (Å²) in [4.78, 5) is 0.0292. The minimum atomic E-state index is -3.69. The van der Waals surface area contributed by atoms with Crippen molar-refractivity contribution in [1.82, 2.24) is 10.0 Å². The second-order valence-corrected chi connectivity index (χ2v) is 10.6. The Kier molecular flexibility index (Phi) is 5.65. The van der Waals surface area contributed by atoms with Crippen LogP contribution in [0.25, 0.3) is 0 Å². The number of hydrogen-bond donors (Lipinski definition) is 2. The van der Waals surface area contributed by atoms with E-state index in [1.807, 2.05) is 6.92 Å². The second-order valence-electron chi connectivity index (χ2n) is 5.80. The molecule has 1 atom stereocenters. The van der Waals surface area contributed by atoms with Crippen molar-refractivity contribution in [1.29, 1.82) is 0 Å². The predicted molar refractivity (Wildman–Crippen MR) is 91.3 cm³/mol. The second kappa shape index (κ2) is 6.85. The first-order chi connectivity index (χ1) is 10.5. The van der Waals surface area contributed by atoms with Gasteiger partial charge >= 0.3 is 0 Å². The molecule has 130 valence electrons. The molecule has 0 spiro atoms. The van der Waals surface area contributed by atoms with E-state index in [2.05, 4.69) is 10.0 Å². The fourth-order valence-electron chi connectivity index (χ4n) is 2.43. The molecule has 0 amide bonds. The molecule has 0 radical (unpaired) electrons. The third-order valence-corrected chi connectivity index (χ3v) is 7.77. The molecular weight excluding hydrogens is 383 g/mol. The van der Waals surface area contributed by atoms with Gasteiger partial charge in [-0.1, -0.05) is 23.2 Å². The highest BCUT2D eigenvalue weighted by molar-refractivity contribution is 7.91. The lowest BCUT2D eigenvalue weighted by Crippen LogP contribution is -2.46. The van der Waals surface area contributed by atoms with Crippen molar-refractivity contribution < 1.29 is 16.8 Å². The van der Waals surface area contributed by atoms with E-state index in [1.54, 1.807) is 0 Å². The average Bonchev–Trinajstić information content (AvgIpc) is 2.72. The molecule has 23 heavy (non-hydrogen) atoms. The van der Waals surface area contributed by atoms with Gasteiger partial charge in [-0.25, -0.2) is 21.6 Å². The molecule has 1 aliphatic heterocycles. The van der Waals surface area contributed by atoms with Crippen LogP contribution in [-0.4, -0.2) is 47.0 Å². The third-order valence-electron chi connectivity index (χ3n) is 3.67. The standard InChI is InChI=1S/C13H18Cl2N2O4S2/c1-13(4-7-22(18,19)9-13)16-5-6-17-23(20,21)10-2-3-11(14)12(15)8-10/h2-3,8,16-17H,4-7,9H2,1H3/t13-/m0/s1. The summed E-state index contributed by atoms with van der Waals surface area (Å²) in [5.41, 5.74) is -0.506. The Morgan fingerprint density at radius 2 is 1.91 bits per heavy atom. The molecule has 1 heterocycles. The van der Waals surface area contributed by atoms with E-state index < -0.39 is 25.4 Å². The van der Waals surface area contributed by atoms with Gasteiger partial charge in [-0.2, -0.15) is 0 Å². The van der Waals surface area contributed by atoms with E-state index in [1.165, 1.54) is 18.2 Å². The number of sulfone groups is 1. The molecular formula is C13H18Cl2N2O4S2. The minimum absolute atomic E-state index is 0.0292. The molecule has 1 aromatic rings. The van der Waals surface area contributed by atoms with Crippen LogP contribution in [-0.2, 0) is 19.9 Å². The first-order valence-electron chi connectivity index (χ1n) is 6.93. The lowest BCUT2D eigenvalue weighted by atomic mass is 10.0. The first kappa shape index (κ1) is 19.0. The molecule has 1 aromatic carbocycles. The maximum Gasteiger partial charge on any atom is 0.240 e. The van der Waals surface area contributed by atoms with Crippen LogP contribution in [0.15, 0.2) is 23.1 Å². The highest BCUT2D eigenvalue weighted by Crippen LogP contribution is 2.25. The largest absolute Gasteiger partial charge is 0.309 e. The monoisotopic (exact) mass is 400 g/mol. The smallest absolute Gasteiger partial charge is 0.240 e. The SMILES string of the molecule is C[C@]1(NCCNS(=O)(=O)c2ccc(Cl)c(Cl)c2)CCS(=O)(=O)C1. The molecule has 0 bridgehead atoms. The van der Waals surface area contributed by atoms with E-state index in [-0.39, 0.29) is 33.0 Å². The zero-order chi connectivity index (χ0) is 17.3. The van der Waals surface area contributed by atoms with Gasteiger partial charge in [0.25, 0.3) is 0 Å². The van der Waals surface area contributed by atoms with Crippen molar-refractivity contribution in [3.8, 4) is 0 Å². The average molecular weight is 401 g/mol. The van der Waals surface area contributed by atoms with Gasteiger partial charge < -0.3 is 5.32 Å². The van der Waals surface area contributed by atoms with Gasteiger partial charge in [0.05, 0.1) is 26.4 Å². The first-order valence-corrected chi connectivity index (χ1v) is 11.0. The Labute approximate surface area is 146 Å². The number of nitrogens with one attached hydrogen (secondary N) is 2. The maximum absolute atomic E-state index is 12.1. The van der Waals surface area contributed by atoms with Crippen LogP contribution < -0.4 is 10.0 Å². The highest BCUT2D eigenvalue weighted by Gasteiger charge is 2.37. The van der Waals surface area contributed by atoms with Gasteiger partial charge in [0.15, 0.2) is 9.84 Å². The van der Waals surface area contributed by atoms with Gasteiger partial charge in [0.2, 0.25) is 10.0 Å². The van der Waals surface area contributed by atoms with Crippen LogP contribution in [0.5, 0.6) is 0 Å². The number of benzene rings is 1. The summed E-state index contributed by atoms with van der Waals surface area (Å²) in [7, 11) is -6.69. The number of halogens is 2. The topological polar surface area (TPSA) is 92.3 Å². The number of hydrogen-bond acceptors (Lipinski definition) is 5. The summed E-state index contributed by atoms with van der Waals surface area (Å²) in [5, 5.41) is 3.55. The van der Waals surface area contributed by atoms with Crippen LogP contribution in [0.3, 0.4) is 0 Å². The van der Waals surface area contributed by atoms with Crippen LogP contribution in [0.1, 0.15) is 13.3 Å². The summed E-state index contributed by atoms with van der Waals surface area (Å²) in [6.45, 7) is 2.29. The lowest BCUT2D eigenvalue weighted by molar-refractivity contribution is 0.400. The molecule has 6 nitrogen and oxygen atoms in total. The molecule has 2 rings (SSSR count). The van der Waals surface area contributed by atoms with Crippen LogP contribution >= 0.6 is 23.2 Å². The van der Waals surface area contributed by atoms with E-state index >= 15 is 0 Å². The fraction of sp³-hybridized carbons (Fsp3) is 0.538. The Hall–Kier alpha value is -0.380. The van der Waals surface area contributed by atoms with E-state index in [0.717, 1.165) is 0 Å². The van der Waals surface area contributed by atoms with Gasteiger partial charge in [-0.3, -0.25) is 0 Å².